The number of aryl methyl sites for hydroxylation is 1. The number of fused-ring (bicyclic) bond motifs is 1. The van der Waals surface area contributed by atoms with Crippen LogP contribution >= 0.6 is 0 Å². The predicted molar refractivity (Wildman–Crippen MR) is 172 cm³/mol. The van der Waals surface area contributed by atoms with Gasteiger partial charge in [-0.3, -0.25) is 9.59 Å². The van der Waals surface area contributed by atoms with Gasteiger partial charge in [0.25, 0.3) is 0 Å². The molecule has 2 aliphatic rings. The fraction of sp³-hybridized carbons (Fsp3) is 0.424. The summed E-state index contributed by atoms with van der Waals surface area (Å²) in [5.74, 6) is 2.49. The van der Waals surface area contributed by atoms with Crippen LogP contribution in [0.25, 0.3) is 0 Å². The summed E-state index contributed by atoms with van der Waals surface area (Å²) in [6, 6.07) is 14.9. The maximum atomic E-state index is 13.4. The second-order valence-corrected chi connectivity index (χ2v) is 12.3. The third-order valence-electron chi connectivity index (χ3n) is 7.45. The van der Waals surface area contributed by atoms with Gasteiger partial charge in [-0.05, 0) is 58.4 Å². The smallest absolute Gasteiger partial charge is 0.410 e. The van der Waals surface area contributed by atoms with Gasteiger partial charge in [-0.25, -0.2) is 14.8 Å². The molecule has 3 aromatic rings. The van der Waals surface area contributed by atoms with Crippen LogP contribution in [0.1, 0.15) is 51.5 Å². The fourth-order valence-corrected chi connectivity index (χ4v) is 5.37. The Morgan fingerprint density at radius 2 is 1.58 bits per heavy atom. The van der Waals surface area contributed by atoms with Crippen molar-refractivity contribution in [1.29, 1.82) is 0 Å². The first-order valence-electron chi connectivity index (χ1n) is 15.2. The van der Waals surface area contributed by atoms with Crippen molar-refractivity contribution >= 4 is 35.1 Å². The third-order valence-corrected chi connectivity index (χ3v) is 7.45. The number of carbonyl (C=O) groups excluding carboxylic acids is 3. The molecular formula is C33H41N7O5. The van der Waals surface area contributed by atoms with Crippen molar-refractivity contribution in [3.8, 4) is 11.5 Å². The van der Waals surface area contributed by atoms with E-state index in [4.69, 9.17) is 14.5 Å². The van der Waals surface area contributed by atoms with Gasteiger partial charge in [-0.1, -0.05) is 12.1 Å². The van der Waals surface area contributed by atoms with E-state index in [0.29, 0.717) is 55.7 Å². The van der Waals surface area contributed by atoms with Gasteiger partial charge < -0.3 is 34.8 Å². The maximum Gasteiger partial charge on any atom is 0.410 e. The molecule has 1 saturated heterocycles. The predicted octanol–water partition coefficient (Wildman–Crippen LogP) is 4.98. The lowest BCUT2D eigenvalue weighted by atomic mass is 10.00. The lowest BCUT2D eigenvalue weighted by molar-refractivity contribution is -0.131. The molecule has 0 aliphatic carbocycles. The average Bonchev–Trinajstić information content (AvgIpc) is 2.97. The van der Waals surface area contributed by atoms with Gasteiger partial charge in [0, 0.05) is 74.9 Å². The van der Waals surface area contributed by atoms with Crippen molar-refractivity contribution in [3.05, 3.63) is 66.1 Å². The van der Waals surface area contributed by atoms with Gasteiger partial charge in [-0.15, -0.1) is 0 Å². The molecule has 2 N–H and O–H groups in total. The van der Waals surface area contributed by atoms with Crippen LogP contribution in [-0.2, 0) is 14.3 Å². The summed E-state index contributed by atoms with van der Waals surface area (Å²) in [4.78, 5) is 51.9. The molecule has 3 heterocycles. The first-order valence-corrected chi connectivity index (χ1v) is 15.2. The highest BCUT2D eigenvalue weighted by Gasteiger charge is 2.32. The van der Waals surface area contributed by atoms with Crippen LogP contribution < -0.4 is 20.3 Å². The number of ether oxygens (including phenoxy) is 2. The van der Waals surface area contributed by atoms with E-state index in [1.807, 2.05) is 75.2 Å². The molecule has 0 saturated carbocycles. The molecule has 1 aromatic heterocycles. The summed E-state index contributed by atoms with van der Waals surface area (Å²) in [5, 5.41) is 6.37. The van der Waals surface area contributed by atoms with Crippen molar-refractivity contribution < 1.29 is 23.9 Å². The molecule has 5 rings (SSSR count). The highest BCUT2D eigenvalue weighted by atomic mass is 16.6. The molecule has 2 aliphatic heterocycles. The number of anilines is 3. The maximum absolute atomic E-state index is 13.4. The Hall–Kier alpha value is -4.87. The molecule has 238 valence electrons. The molecule has 2 aromatic carbocycles. The monoisotopic (exact) mass is 615 g/mol. The molecule has 1 fully saturated rings. The second-order valence-electron chi connectivity index (χ2n) is 12.3. The average molecular weight is 616 g/mol. The van der Waals surface area contributed by atoms with E-state index in [1.165, 1.54) is 6.92 Å². The minimum atomic E-state index is -0.558. The van der Waals surface area contributed by atoms with E-state index in [9.17, 15) is 14.4 Å². The summed E-state index contributed by atoms with van der Waals surface area (Å²) >= 11 is 0. The van der Waals surface area contributed by atoms with E-state index in [1.54, 1.807) is 21.9 Å². The highest BCUT2D eigenvalue weighted by Crippen LogP contribution is 2.35. The number of hydrogen-bond donors (Lipinski definition) is 2. The quantitative estimate of drug-likeness (QED) is 0.378. The van der Waals surface area contributed by atoms with Gasteiger partial charge in [-0.2, -0.15) is 0 Å². The molecule has 0 radical (unpaired) electrons. The van der Waals surface area contributed by atoms with Crippen molar-refractivity contribution in [3.63, 3.8) is 0 Å². The van der Waals surface area contributed by atoms with Crippen LogP contribution in [0.5, 0.6) is 11.5 Å². The minimum Gasteiger partial charge on any atom is -0.457 e. The molecule has 3 amide bonds. The Balaban J connectivity index is 1.22. The Labute approximate surface area is 263 Å². The normalized spacial score (nSPS) is 16.5. The number of piperazine rings is 1. The van der Waals surface area contributed by atoms with E-state index >= 15 is 0 Å². The number of aromatic nitrogens is 2. The Morgan fingerprint density at radius 3 is 2.24 bits per heavy atom. The first-order chi connectivity index (χ1) is 21.4. The zero-order valence-electron chi connectivity index (χ0n) is 26.5. The molecule has 1 unspecified atom stereocenters. The minimum absolute atomic E-state index is 0.000106. The highest BCUT2D eigenvalue weighted by molar-refractivity contribution is 5.88. The summed E-state index contributed by atoms with van der Waals surface area (Å²) in [7, 11) is 0. The van der Waals surface area contributed by atoms with Gasteiger partial charge in [0.05, 0.1) is 12.6 Å². The number of benzene rings is 2. The number of nitrogens with one attached hydrogen (secondary N) is 2. The number of nitrogens with zero attached hydrogens (tertiary/aromatic N) is 5. The van der Waals surface area contributed by atoms with Gasteiger partial charge in [0.2, 0.25) is 11.8 Å². The van der Waals surface area contributed by atoms with E-state index < -0.39 is 5.60 Å². The number of rotatable bonds is 7. The summed E-state index contributed by atoms with van der Waals surface area (Å²) in [5.41, 5.74) is 1.89. The first kappa shape index (κ1) is 31.6. The molecular weight excluding hydrogens is 574 g/mol. The summed E-state index contributed by atoms with van der Waals surface area (Å²) in [6.45, 7) is 11.5. The molecule has 0 spiro atoms. The van der Waals surface area contributed by atoms with Gasteiger partial charge in [0.15, 0.2) is 0 Å². The van der Waals surface area contributed by atoms with Crippen molar-refractivity contribution in [2.75, 3.05) is 54.8 Å². The molecule has 12 heteroatoms. The largest absolute Gasteiger partial charge is 0.457 e. The van der Waals surface area contributed by atoms with E-state index in [2.05, 4.69) is 15.6 Å². The van der Waals surface area contributed by atoms with Crippen LogP contribution in [-0.4, -0.2) is 82.5 Å². The Bertz CT molecular complexity index is 1550. The van der Waals surface area contributed by atoms with Gasteiger partial charge in [0.1, 0.15) is 28.7 Å². The van der Waals surface area contributed by atoms with Crippen molar-refractivity contribution in [2.45, 2.75) is 52.7 Å². The van der Waals surface area contributed by atoms with Crippen molar-refractivity contribution in [1.82, 2.24) is 19.8 Å². The lowest BCUT2D eigenvalue weighted by Gasteiger charge is -2.38. The SMILES string of the molecule is CC(=O)Nc1cccc(Oc2cccc(NC3CCN(CC(=O)N4CCN(C(=O)OC(C)(C)C)CC4)c4nc(C)ncc43)c2)c1. The summed E-state index contributed by atoms with van der Waals surface area (Å²) in [6.07, 6.45) is 2.22. The zero-order valence-corrected chi connectivity index (χ0v) is 26.5. The second kappa shape index (κ2) is 13.4. The lowest BCUT2D eigenvalue weighted by Crippen LogP contribution is -2.53. The number of hydrogen-bond acceptors (Lipinski definition) is 9. The van der Waals surface area contributed by atoms with Crippen LogP contribution in [0.2, 0.25) is 0 Å². The molecule has 45 heavy (non-hydrogen) atoms. The Morgan fingerprint density at radius 1 is 0.933 bits per heavy atom. The van der Waals surface area contributed by atoms with Gasteiger partial charge >= 0.3 is 6.09 Å². The number of amides is 3. The standard InChI is InChI=1S/C33H41N7O5/c1-22-34-20-28-29(37-25-9-7-11-27(19-25)44-26-10-6-8-24(18-26)36-23(2)41)12-13-40(31(28)35-22)21-30(42)38-14-16-39(17-15-38)32(43)45-33(3,4)5/h6-11,18-20,29,37H,12-17,21H2,1-5H3,(H,36,41). The van der Waals surface area contributed by atoms with Crippen LogP contribution in [0.15, 0.2) is 54.7 Å². The fourth-order valence-electron chi connectivity index (χ4n) is 5.37. The summed E-state index contributed by atoms with van der Waals surface area (Å²) < 4.78 is 11.6. The van der Waals surface area contributed by atoms with E-state index in [0.717, 1.165) is 23.5 Å². The van der Waals surface area contributed by atoms with Crippen molar-refractivity contribution in [2.24, 2.45) is 0 Å². The van der Waals surface area contributed by atoms with Crippen LogP contribution in [0.4, 0.5) is 22.0 Å². The zero-order chi connectivity index (χ0) is 32.1. The van der Waals surface area contributed by atoms with Crippen LogP contribution in [0, 0.1) is 6.92 Å². The molecule has 12 nitrogen and oxygen atoms in total. The molecule has 0 bridgehead atoms. The third kappa shape index (κ3) is 8.40. The van der Waals surface area contributed by atoms with E-state index in [-0.39, 0.29) is 30.5 Å². The number of carbonyl (C=O) groups is 3. The molecule has 1 atom stereocenters. The van der Waals surface area contributed by atoms with Crippen LogP contribution in [0.3, 0.4) is 0 Å². The topological polar surface area (TPSA) is 129 Å². The Kier molecular flexibility index (Phi) is 9.40.